The predicted octanol–water partition coefficient (Wildman–Crippen LogP) is 0.846. The number of halogens is 1. The van der Waals surface area contributed by atoms with E-state index in [1.54, 1.807) is 7.05 Å². The lowest BCUT2D eigenvalue weighted by atomic mass is 9.82. The fourth-order valence-electron chi connectivity index (χ4n) is 3.68. The van der Waals surface area contributed by atoms with E-state index in [0.717, 1.165) is 5.96 Å². The Morgan fingerprint density at radius 2 is 1.88 bits per heavy atom. The molecular formula is C16H33IN4O3S. The van der Waals surface area contributed by atoms with Crippen molar-refractivity contribution in [3.8, 4) is 0 Å². The standard InChI is InChI=1S/C16H32N4O3S.HI/c1-17-16(18-7-8-23-9-10-24(3,21)22)19-13-11-14-5-4-6-15(12-13)20(14)2;/h13-15H,4-12H2,1-3H3,(H2,17,18,19);1H. The van der Waals surface area contributed by atoms with Crippen LogP contribution in [0.5, 0.6) is 0 Å². The first-order chi connectivity index (χ1) is 11.4. The maximum Gasteiger partial charge on any atom is 0.191 e. The first-order valence-electron chi connectivity index (χ1n) is 8.83. The van der Waals surface area contributed by atoms with Crippen molar-refractivity contribution >= 4 is 39.8 Å². The molecule has 9 heteroatoms. The van der Waals surface area contributed by atoms with E-state index < -0.39 is 9.84 Å². The summed E-state index contributed by atoms with van der Waals surface area (Å²) in [6.45, 7) is 1.32. The van der Waals surface area contributed by atoms with Gasteiger partial charge in [0.25, 0.3) is 0 Å². The lowest BCUT2D eigenvalue weighted by Gasteiger charge is -2.47. The number of nitrogens with one attached hydrogen (secondary N) is 2. The van der Waals surface area contributed by atoms with Crippen LogP contribution < -0.4 is 10.6 Å². The number of hydrogen-bond donors (Lipinski definition) is 2. The molecule has 2 N–H and O–H groups in total. The molecule has 0 spiro atoms. The molecule has 0 aliphatic carbocycles. The molecule has 148 valence electrons. The number of hydrogen-bond acceptors (Lipinski definition) is 5. The summed E-state index contributed by atoms with van der Waals surface area (Å²) in [4.78, 5) is 6.83. The largest absolute Gasteiger partial charge is 0.379 e. The van der Waals surface area contributed by atoms with Gasteiger partial charge < -0.3 is 20.3 Å². The predicted molar refractivity (Wildman–Crippen MR) is 113 cm³/mol. The van der Waals surface area contributed by atoms with Gasteiger partial charge in [0.1, 0.15) is 9.84 Å². The Balaban J connectivity index is 0.00000312. The molecule has 2 saturated heterocycles. The second kappa shape index (κ2) is 10.9. The molecule has 0 aromatic rings. The van der Waals surface area contributed by atoms with Crippen LogP contribution in [0.4, 0.5) is 0 Å². The van der Waals surface area contributed by atoms with Crippen LogP contribution in [0.2, 0.25) is 0 Å². The number of sulfone groups is 1. The number of aliphatic imine (C=N–C) groups is 1. The third-order valence-electron chi connectivity index (χ3n) is 5.04. The third-order valence-corrected chi connectivity index (χ3v) is 5.95. The van der Waals surface area contributed by atoms with Crippen LogP contribution in [-0.2, 0) is 14.6 Å². The van der Waals surface area contributed by atoms with E-state index in [-0.39, 0.29) is 36.3 Å². The van der Waals surface area contributed by atoms with Crippen LogP contribution >= 0.6 is 24.0 Å². The van der Waals surface area contributed by atoms with Gasteiger partial charge in [-0.3, -0.25) is 4.99 Å². The highest BCUT2D eigenvalue weighted by molar-refractivity contribution is 14.0. The minimum absolute atomic E-state index is 0. The number of fused-ring (bicyclic) bond motifs is 2. The Bertz CT molecular complexity index is 515. The van der Waals surface area contributed by atoms with Crippen molar-refractivity contribution in [1.82, 2.24) is 15.5 Å². The Morgan fingerprint density at radius 3 is 2.44 bits per heavy atom. The molecule has 0 aromatic heterocycles. The van der Waals surface area contributed by atoms with Crippen molar-refractivity contribution in [2.45, 2.75) is 50.2 Å². The number of ether oxygens (including phenoxy) is 1. The highest BCUT2D eigenvalue weighted by atomic mass is 127. The number of piperidine rings is 2. The maximum atomic E-state index is 11.0. The average Bonchev–Trinajstić information content (AvgIpc) is 2.49. The van der Waals surface area contributed by atoms with E-state index in [1.165, 1.54) is 38.4 Å². The van der Waals surface area contributed by atoms with Crippen LogP contribution in [0.15, 0.2) is 4.99 Å². The Labute approximate surface area is 169 Å². The van der Waals surface area contributed by atoms with Crippen LogP contribution in [0.25, 0.3) is 0 Å². The van der Waals surface area contributed by atoms with Crippen molar-refractivity contribution in [3.05, 3.63) is 0 Å². The Hall–Kier alpha value is -0.130. The van der Waals surface area contributed by atoms with Crippen LogP contribution in [0.1, 0.15) is 32.1 Å². The lowest BCUT2D eigenvalue weighted by molar-refractivity contribution is 0.0526. The molecule has 2 unspecified atom stereocenters. The van der Waals surface area contributed by atoms with Crippen molar-refractivity contribution in [1.29, 1.82) is 0 Å². The van der Waals surface area contributed by atoms with Crippen LogP contribution in [0, 0.1) is 0 Å². The van der Waals surface area contributed by atoms with E-state index in [9.17, 15) is 8.42 Å². The van der Waals surface area contributed by atoms with Gasteiger partial charge in [-0.05, 0) is 32.7 Å². The van der Waals surface area contributed by atoms with Crippen LogP contribution in [0.3, 0.4) is 0 Å². The molecule has 0 radical (unpaired) electrons. The molecule has 7 nitrogen and oxygen atoms in total. The second-order valence-corrected chi connectivity index (χ2v) is 9.22. The summed E-state index contributed by atoms with van der Waals surface area (Å²) in [5.74, 6) is 0.868. The fourth-order valence-corrected chi connectivity index (χ4v) is 4.10. The van der Waals surface area contributed by atoms with E-state index in [2.05, 4.69) is 27.6 Å². The molecule has 0 amide bonds. The summed E-state index contributed by atoms with van der Waals surface area (Å²) in [5, 5.41) is 6.77. The molecular weight excluding hydrogens is 455 g/mol. The van der Waals surface area contributed by atoms with E-state index >= 15 is 0 Å². The molecule has 2 bridgehead atoms. The van der Waals surface area contributed by atoms with Gasteiger partial charge in [0.2, 0.25) is 0 Å². The summed E-state index contributed by atoms with van der Waals surface area (Å²) in [5.41, 5.74) is 0. The minimum atomic E-state index is -2.95. The normalized spacial score (nSPS) is 27.5. The van der Waals surface area contributed by atoms with Crippen molar-refractivity contribution < 1.29 is 13.2 Å². The minimum Gasteiger partial charge on any atom is -0.379 e. The Kier molecular flexibility index (Phi) is 9.97. The zero-order valence-corrected chi connectivity index (χ0v) is 18.7. The number of rotatable bonds is 7. The van der Waals surface area contributed by atoms with Gasteiger partial charge >= 0.3 is 0 Å². The first-order valence-corrected chi connectivity index (χ1v) is 10.9. The molecule has 2 aliphatic heterocycles. The monoisotopic (exact) mass is 488 g/mol. The maximum absolute atomic E-state index is 11.0. The fraction of sp³-hybridized carbons (Fsp3) is 0.938. The van der Waals surface area contributed by atoms with Gasteiger partial charge in [0.05, 0.1) is 19.0 Å². The molecule has 0 aromatic carbocycles. The zero-order chi connectivity index (χ0) is 17.6. The van der Waals surface area contributed by atoms with Gasteiger partial charge in [0, 0.05) is 38.0 Å². The topological polar surface area (TPSA) is 83.0 Å². The van der Waals surface area contributed by atoms with Gasteiger partial charge in [-0.15, -0.1) is 24.0 Å². The van der Waals surface area contributed by atoms with Crippen molar-refractivity contribution in [2.24, 2.45) is 4.99 Å². The number of guanidine groups is 1. The smallest absolute Gasteiger partial charge is 0.191 e. The molecule has 2 aliphatic rings. The van der Waals surface area contributed by atoms with Gasteiger partial charge in [-0.1, -0.05) is 6.42 Å². The van der Waals surface area contributed by atoms with Gasteiger partial charge in [0.15, 0.2) is 5.96 Å². The van der Waals surface area contributed by atoms with E-state index in [0.29, 0.717) is 31.3 Å². The van der Waals surface area contributed by atoms with Gasteiger partial charge in [-0.2, -0.15) is 0 Å². The highest BCUT2D eigenvalue weighted by Crippen LogP contribution is 2.32. The SMILES string of the molecule is CN=C(NCCOCCS(C)(=O)=O)NC1CC2CCCC(C1)N2C.I. The summed E-state index contributed by atoms with van der Waals surface area (Å²) >= 11 is 0. The van der Waals surface area contributed by atoms with Crippen LogP contribution in [-0.4, -0.2) is 83.3 Å². The summed E-state index contributed by atoms with van der Waals surface area (Å²) in [6, 6.07) is 1.84. The van der Waals surface area contributed by atoms with Crippen molar-refractivity contribution in [2.75, 3.05) is 45.9 Å². The highest BCUT2D eigenvalue weighted by Gasteiger charge is 2.36. The molecule has 2 atom stereocenters. The lowest BCUT2D eigenvalue weighted by Crippen LogP contribution is -2.56. The average molecular weight is 488 g/mol. The molecule has 25 heavy (non-hydrogen) atoms. The molecule has 2 fully saturated rings. The summed E-state index contributed by atoms with van der Waals surface area (Å²) in [7, 11) is 1.08. The van der Waals surface area contributed by atoms with E-state index in [4.69, 9.17) is 4.74 Å². The molecule has 2 rings (SSSR count). The second-order valence-electron chi connectivity index (χ2n) is 6.96. The summed E-state index contributed by atoms with van der Waals surface area (Å²) < 4.78 is 27.4. The third kappa shape index (κ3) is 7.96. The zero-order valence-electron chi connectivity index (χ0n) is 15.5. The number of nitrogens with zero attached hydrogens (tertiary/aromatic N) is 2. The quantitative estimate of drug-likeness (QED) is 0.239. The van der Waals surface area contributed by atoms with Gasteiger partial charge in [-0.25, -0.2) is 8.42 Å². The van der Waals surface area contributed by atoms with E-state index in [1.807, 2.05) is 0 Å². The first kappa shape index (κ1) is 22.9. The Morgan fingerprint density at radius 1 is 1.24 bits per heavy atom. The molecule has 2 heterocycles. The summed E-state index contributed by atoms with van der Waals surface area (Å²) in [6.07, 6.45) is 7.50. The van der Waals surface area contributed by atoms with Crippen molar-refractivity contribution in [3.63, 3.8) is 0 Å². The molecule has 0 saturated carbocycles.